The molecule has 0 saturated carbocycles. The largest absolute Gasteiger partial charge is 0.310 e. The van der Waals surface area contributed by atoms with E-state index >= 15 is 0 Å². The molecule has 0 amide bonds. The zero-order valence-electron chi connectivity index (χ0n) is 9.26. The second kappa shape index (κ2) is 5.14. The summed E-state index contributed by atoms with van der Waals surface area (Å²) in [4.78, 5) is 4.63. The summed E-state index contributed by atoms with van der Waals surface area (Å²) in [5.41, 5.74) is 1.14. The molecule has 0 saturated heterocycles. The molecule has 0 radical (unpaired) electrons. The van der Waals surface area contributed by atoms with Gasteiger partial charge in [0.15, 0.2) is 0 Å². The van der Waals surface area contributed by atoms with Gasteiger partial charge in [0.2, 0.25) is 0 Å². The van der Waals surface area contributed by atoms with E-state index in [-0.39, 0.29) is 5.54 Å². The molecule has 0 aromatic carbocycles. The van der Waals surface area contributed by atoms with Gasteiger partial charge >= 0.3 is 0 Å². The smallest absolute Gasteiger partial charge is 0.103 e. The van der Waals surface area contributed by atoms with Crippen LogP contribution in [0.2, 0.25) is 0 Å². The van der Waals surface area contributed by atoms with Crippen molar-refractivity contribution in [3.8, 4) is 0 Å². The van der Waals surface area contributed by atoms with E-state index in [0.29, 0.717) is 0 Å². The SMILES string of the molecule is CCSCc1nc(C(C)(C)NC)cs1. The van der Waals surface area contributed by atoms with Gasteiger partial charge in [-0.15, -0.1) is 11.3 Å². The summed E-state index contributed by atoms with van der Waals surface area (Å²) in [5, 5.41) is 6.65. The predicted molar refractivity (Wildman–Crippen MR) is 66.0 cm³/mol. The minimum absolute atomic E-state index is 0.00830. The molecular formula is C10H18N2S2. The lowest BCUT2D eigenvalue weighted by Gasteiger charge is -2.21. The molecule has 14 heavy (non-hydrogen) atoms. The molecule has 0 atom stereocenters. The van der Waals surface area contributed by atoms with Crippen LogP contribution in [-0.2, 0) is 11.3 Å². The molecule has 0 bridgehead atoms. The Labute approximate surface area is 94.5 Å². The molecular weight excluding hydrogens is 212 g/mol. The average molecular weight is 230 g/mol. The number of rotatable bonds is 5. The summed E-state index contributed by atoms with van der Waals surface area (Å²) < 4.78 is 0. The van der Waals surface area contributed by atoms with E-state index in [1.165, 1.54) is 5.01 Å². The van der Waals surface area contributed by atoms with Crippen molar-refractivity contribution in [1.29, 1.82) is 0 Å². The highest BCUT2D eigenvalue weighted by molar-refractivity contribution is 7.98. The summed E-state index contributed by atoms with van der Waals surface area (Å²) in [6, 6.07) is 0. The molecule has 1 aromatic rings. The summed E-state index contributed by atoms with van der Waals surface area (Å²) >= 11 is 3.68. The van der Waals surface area contributed by atoms with Crippen LogP contribution in [0.15, 0.2) is 5.38 Å². The summed E-state index contributed by atoms with van der Waals surface area (Å²) in [6.07, 6.45) is 0. The Morgan fingerprint density at radius 2 is 2.29 bits per heavy atom. The maximum atomic E-state index is 4.63. The highest BCUT2D eigenvalue weighted by Gasteiger charge is 2.20. The summed E-state index contributed by atoms with van der Waals surface area (Å²) in [7, 11) is 1.97. The average Bonchev–Trinajstić information content (AvgIpc) is 2.63. The van der Waals surface area contributed by atoms with Crippen LogP contribution in [0.25, 0.3) is 0 Å². The minimum atomic E-state index is -0.00830. The first-order valence-electron chi connectivity index (χ1n) is 4.81. The van der Waals surface area contributed by atoms with E-state index in [1.54, 1.807) is 11.3 Å². The van der Waals surface area contributed by atoms with Crippen LogP contribution in [0.3, 0.4) is 0 Å². The van der Waals surface area contributed by atoms with Gasteiger partial charge < -0.3 is 5.32 Å². The van der Waals surface area contributed by atoms with Crippen molar-refractivity contribution in [2.45, 2.75) is 32.1 Å². The molecule has 0 spiro atoms. The monoisotopic (exact) mass is 230 g/mol. The lowest BCUT2D eigenvalue weighted by molar-refractivity contribution is 0.433. The fraction of sp³-hybridized carbons (Fsp3) is 0.700. The topological polar surface area (TPSA) is 24.9 Å². The lowest BCUT2D eigenvalue weighted by atomic mass is 10.0. The number of aromatic nitrogens is 1. The number of nitrogens with one attached hydrogen (secondary N) is 1. The Hall–Kier alpha value is -0.0600. The highest BCUT2D eigenvalue weighted by Crippen LogP contribution is 2.23. The van der Waals surface area contributed by atoms with E-state index in [1.807, 2.05) is 18.8 Å². The molecule has 1 rings (SSSR count). The first kappa shape index (κ1) is 12.0. The predicted octanol–water partition coefficient (Wildman–Crippen LogP) is 2.85. The highest BCUT2D eigenvalue weighted by atomic mass is 32.2. The van der Waals surface area contributed by atoms with Crippen molar-refractivity contribution in [2.75, 3.05) is 12.8 Å². The quantitative estimate of drug-likeness (QED) is 0.842. The zero-order valence-corrected chi connectivity index (χ0v) is 10.9. The first-order chi connectivity index (χ1) is 6.60. The van der Waals surface area contributed by atoms with Gasteiger partial charge in [0.25, 0.3) is 0 Å². The van der Waals surface area contributed by atoms with Crippen LogP contribution >= 0.6 is 23.1 Å². The molecule has 0 unspecified atom stereocenters. The van der Waals surface area contributed by atoms with Crippen molar-refractivity contribution >= 4 is 23.1 Å². The third-order valence-electron chi connectivity index (χ3n) is 2.25. The van der Waals surface area contributed by atoms with Gasteiger partial charge in [-0.05, 0) is 26.6 Å². The van der Waals surface area contributed by atoms with Gasteiger partial charge in [0.1, 0.15) is 5.01 Å². The fourth-order valence-electron chi connectivity index (χ4n) is 0.982. The lowest BCUT2D eigenvalue weighted by Crippen LogP contribution is -2.33. The molecule has 1 aromatic heterocycles. The Morgan fingerprint density at radius 1 is 1.57 bits per heavy atom. The van der Waals surface area contributed by atoms with Crippen LogP contribution in [0.5, 0.6) is 0 Å². The molecule has 2 nitrogen and oxygen atoms in total. The van der Waals surface area contributed by atoms with Gasteiger partial charge in [-0.2, -0.15) is 11.8 Å². The minimum Gasteiger partial charge on any atom is -0.310 e. The molecule has 1 N–H and O–H groups in total. The third-order valence-corrected chi connectivity index (χ3v) is 4.16. The number of thioether (sulfide) groups is 1. The van der Waals surface area contributed by atoms with Gasteiger partial charge in [-0.3, -0.25) is 0 Å². The molecule has 4 heteroatoms. The number of thiazole rings is 1. The van der Waals surface area contributed by atoms with Crippen LogP contribution in [-0.4, -0.2) is 17.8 Å². The number of hydrogen-bond donors (Lipinski definition) is 1. The molecule has 80 valence electrons. The van der Waals surface area contributed by atoms with E-state index in [2.05, 4.69) is 36.5 Å². The van der Waals surface area contributed by atoms with Gasteiger partial charge in [-0.25, -0.2) is 4.98 Å². The van der Waals surface area contributed by atoms with Crippen molar-refractivity contribution < 1.29 is 0 Å². The summed E-state index contributed by atoms with van der Waals surface area (Å²) in [5.74, 6) is 2.20. The van der Waals surface area contributed by atoms with Crippen molar-refractivity contribution in [3.05, 3.63) is 16.1 Å². The zero-order chi connectivity index (χ0) is 10.6. The van der Waals surface area contributed by atoms with Gasteiger partial charge in [-0.1, -0.05) is 6.92 Å². The van der Waals surface area contributed by atoms with E-state index in [0.717, 1.165) is 17.2 Å². The number of nitrogens with zero attached hydrogens (tertiary/aromatic N) is 1. The van der Waals surface area contributed by atoms with Gasteiger partial charge in [0.05, 0.1) is 11.2 Å². The Kier molecular flexibility index (Phi) is 4.41. The van der Waals surface area contributed by atoms with Crippen LogP contribution < -0.4 is 5.32 Å². The normalized spacial score (nSPS) is 12.0. The molecule has 1 heterocycles. The first-order valence-corrected chi connectivity index (χ1v) is 6.85. The molecule has 0 aliphatic carbocycles. The van der Waals surface area contributed by atoms with Crippen LogP contribution in [0.1, 0.15) is 31.5 Å². The molecule has 0 aliphatic rings. The Morgan fingerprint density at radius 3 is 2.86 bits per heavy atom. The Balaban J connectivity index is 2.67. The second-order valence-electron chi connectivity index (χ2n) is 3.64. The summed E-state index contributed by atoms with van der Waals surface area (Å²) in [6.45, 7) is 6.48. The maximum Gasteiger partial charge on any atom is 0.103 e. The van der Waals surface area contributed by atoms with Crippen LogP contribution in [0.4, 0.5) is 0 Å². The van der Waals surface area contributed by atoms with Gasteiger partial charge in [0, 0.05) is 11.1 Å². The second-order valence-corrected chi connectivity index (χ2v) is 5.86. The van der Waals surface area contributed by atoms with E-state index in [4.69, 9.17) is 0 Å². The number of hydrogen-bond acceptors (Lipinski definition) is 4. The molecule has 0 aliphatic heterocycles. The van der Waals surface area contributed by atoms with Crippen molar-refractivity contribution in [1.82, 2.24) is 10.3 Å². The standard InChI is InChI=1S/C10H18N2S2/c1-5-13-7-9-12-8(6-14-9)10(2,3)11-4/h6,11H,5,7H2,1-4H3. The fourth-order valence-corrected chi connectivity index (χ4v) is 2.69. The van der Waals surface area contributed by atoms with E-state index < -0.39 is 0 Å². The molecule has 0 fully saturated rings. The Bertz CT molecular complexity index is 281. The van der Waals surface area contributed by atoms with Crippen molar-refractivity contribution in [3.63, 3.8) is 0 Å². The third kappa shape index (κ3) is 2.97. The van der Waals surface area contributed by atoms with Crippen molar-refractivity contribution in [2.24, 2.45) is 0 Å². The maximum absolute atomic E-state index is 4.63. The van der Waals surface area contributed by atoms with E-state index in [9.17, 15) is 0 Å². The van der Waals surface area contributed by atoms with Crippen LogP contribution in [0, 0.1) is 0 Å².